The van der Waals surface area contributed by atoms with Gasteiger partial charge in [0.25, 0.3) is 0 Å². The first-order valence-corrected chi connectivity index (χ1v) is 5.46. The summed E-state index contributed by atoms with van der Waals surface area (Å²) < 4.78 is 0. The number of hydrogen-bond donors (Lipinski definition) is 2. The monoisotopic (exact) mass is 236 g/mol. The summed E-state index contributed by atoms with van der Waals surface area (Å²) in [6.07, 6.45) is 0. The van der Waals surface area contributed by atoms with Crippen molar-refractivity contribution in [1.29, 1.82) is 0 Å². The van der Waals surface area contributed by atoms with E-state index in [9.17, 15) is 4.79 Å². The van der Waals surface area contributed by atoms with Crippen LogP contribution in [0.2, 0.25) is 5.02 Å². The highest BCUT2D eigenvalue weighted by Crippen LogP contribution is 2.23. The zero-order valence-electron chi connectivity index (χ0n) is 9.23. The molecule has 0 saturated heterocycles. The summed E-state index contributed by atoms with van der Waals surface area (Å²) in [7, 11) is 0. The second kappa shape index (κ2) is 4.18. The molecular formula is C12H13ClN2O. The predicted molar refractivity (Wildman–Crippen MR) is 65.6 cm³/mol. The quantitative estimate of drug-likeness (QED) is 0.828. The van der Waals surface area contributed by atoms with Crippen LogP contribution in [0.25, 0.3) is 10.9 Å². The molecule has 1 aromatic carbocycles. The lowest BCUT2D eigenvalue weighted by Crippen LogP contribution is -2.18. The molecule has 0 saturated carbocycles. The molecule has 1 heterocycles. The van der Waals surface area contributed by atoms with Gasteiger partial charge < -0.3 is 10.3 Å². The predicted octanol–water partition coefficient (Wildman–Crippen LogP) is 2.77. The number of aryl methyl sites for hydroxylation is 1. The maximum Gasteiger partial charge on any atom is 0.217 e. The molecule has 2 N–H and O–H groups in total. The molecule has 0 spiro atoms. The Morgan fingerprint density at radius 1 is 1.44 bits per heavy atom. The van der Waals surface area contributed by atoms with Crippen LogP contribution < -0.4 is 5.32 Å². The number of H-pyrrole nitrogens is 1. The van der Waals surface area contributed by atoms with Gasteiger partial charge in [0.15, 0.2) is 0 Å². The van der Waals surface area contributed by atoms with Crippen molar-refractivity contribution in [2.45, 2.75) is 20.4 Å². The molecule has 1 amide bonds. The van der Waals surface area contributed by atoms with Crippen molar-refractivity contribution in [2.75, 3.05) is 0 Å². The van der Waals surface area contributed by atoms with Crippen LogP contribution in [0.5, 0.6) is 0 Å². The maximum atomic E-state index is 10.8. The Morgan fingerprint density at radius 3 is 2.88 bits per heavy atom. The van der Waals surface area contributed by atoms with Crippen molar-refractivity contribution in [2.24, 2.45) is 0 Å². The Hall–Kier alpha value is -1.48. The summed E-state index contributed by atoms with van der Waals surface area (Å²) in [4.78, 5) is 14.0. The molecular weight excluding hydrogens is 224 g/mol. The van der Waals surface area contributed by atoms with E-state index >= 15 is 0 Å². The molecule has 0 aliphatic rings. The third-order valence-electron chi connectivity index (χ3n) is 2.48. The molecule has 1 aromatic heterocycles. The van der Waals surface area contributed by atoms with Crippen LogP contribution in [0.4, 0.5) is 0 Å². The fourth-order valence-electron chi connectivity index (χ4n) is 1.64. The number of benzene rings is 1. The number of halogens is 1. The number of hydrogen-bond acceptors (Lipinski definition) is 1. The van der Waals surface area contributed by atoms with Crippen molar-refractivity contribution in [1.82, 2.24) is 10.3 Å². The smallest absolute Gasteiger partial charge is 0.217 e. The SMILES string of the molecule is CC(=O)NCc1cc2cc(Cl)c(C)cc2[nH]1. The first-order valence-electron chi connectivity index (χ1n) is 5.08. The molecule has 0 aliphatic heterocycles. The van der Waals surface area contributed by atoms with E-state index in [4.69, 9.17) is 11.6 Å². The molecule has 0 aliphatic carbocycles. The number of aromatic amines is 1. The van der Waals surface area contributed by atoms with Gasteiger partial charge in [0.2, 0.25) is 5.91 Å². The van der Waals surface area contributed by atoms with Gasteiger partial charge in [-0.1, -0.05) is 11.6 Å². The topological polar surface area (TPSA) is 44.9 Å². The number of nitrogens with one attached hydrogen (secondary N) is 2. The van der Waals surface area contributed by atoms with Gasteiger partial charge in [-0.05, 0) is 30.7 Å². The minimum absolute atomic E-state index is 0.0344. The number of carbonyl (C=O) groups is 1. The molecule has 0 unspecified atom stereocenters. The zero-order chi connectivity index (χ0) is 11.7. The van der Waals surface area contributed by atoms with Gasteiger partial charge in [0.05, 0.1) is 6.54 Å². The number of fused-ring (bicyclic) bond motifs is 1. The van der Waals surface area contributed by atoms with Crippen molar-refractivity contribution in [3.05, 3.63) is 34.5 Å². The second-order valence-electron chi connectivity index (χ2n) is 3.89. The van der Waals surface area contributed by atoms with Crippen LogP contribution in [0.1, 0.15) is 18.2 Å². The van der Waals surface area contributed by atoms with E-state index in [1.807, 2.05) is 25.1 Å². The van der Waals surface area contributed by atoms with Crippen molar-refractivity contribution >= 4 is 28.4 Å². The minimum atomic E-state index is -0.0344. The minimum Gasteiger partial charge on any atom is -0.357 e. The Labute approximate surface area is 98.8 Å². The third-order valence-corrected chi connectivity index (χ3v) is 2.89. The molecule has 0 bridgehead atoms. The highest BCUT2D eigenvalue weighted by molar-refractivity contribution is 6.32. The Kier molecular flexibility index (Phi) is 2.88. The van der Waals surface area contributed by atoms with E-state index in [1.54, 1.807) is 0 Å². The van der Waals surface area contributed by atoms with E-state index in [0.29, 0.717) is 6.54 Å². The van der Waals surface area contributed by atoms with Gasteiger partial charge in [-0.2, -0.15) is 0 Å². The molecule has 16 heavy (non-hydrogen) atoms. The maximum absolute atomic E-state index is 10.8. The lowest BCUT2D eigenvalue weighted by Gasteiger charge is -1.97. The highest BCUT2D eigenvalue weighted by atomic mass is 35.5. The molecule has 0 radical (unpaired) electrons. The summed E-state index contributed by atoms with van der Waals surface area (Å²) in [5.74, 6) is -0.0344. The lowest BCUT2D eigenvalue weighted by atomic mass is 10.2. The van der Waals surface area contributed by atoms with Crippen molar-refractivity contribution in [3.8, 4) is 0 Å². The molecule has 2 rings (SSSR count). The molecule has 3 nitrogen and oxygen atoms in total. The number of amides is 1. The van der Waals surface area contributed by atoms with E-state index < -0.39 is 0 Å². The van der Waals surface area contributed by atoms with Crippen LogP contribution in [-0.2, 0) is 11.3 Å². The number of carbonyl (C=O) groups excluding carboxylic acids is 1. The summed E-state index contributed by atoms with van der Waals surface area (Å²) in [6, 6.07) is 5.94. The van der Waals surface area contributed by atoms with Gasteiger partial charge in [0.1, 0.15) is 0 Å². The Morgan fingerprint density at radius 2 is 2.19 bits per heavy atom. The molecule has 84 valence electrons. The van der Waals surface area contributed by atoms with E-state index in [1.165, 1.54) is 6.92 Å². The highest BCUT2D eigenvalue weighted by Gasteiger charge is 2.04. The second-order valence-corrected chi connectivity index (χ2v) is 4.30. The van der Waals surface area contributed by atoms with Crippen LogP contribution >= 0.6 is 11.6 Å². The van der Waals surface area contributed by atoms with Crippen LogP contribution in [0, 0.1) is 6.92 Å². The summed E-state index contributed by atoms with van der Waals surface area (Å²) >= 11 is 6.04. The van der Waals surface area contributed by atoms with E-state index in [2.05, 4.69) is 10.3 Å². The van der Waals surface area contributed by atoms with Gasteiger partial charge in [0, 0.05) is 28.5 Å². The van der Waals surface area contributed by atoms with Crippen molar-refractivity contribution < 1.29 is 4.79 Å². The van der Waals surface area contributed by atoms with Gasteiger partial charge in [-0.3, -0.25) is 4.79 Å². The lowest BCUT2D eigenvalue weighted by molar-refractivity contribution is -0.119. The van der Waals surface area contributed by atoms with Crippen LogP contribution in [-0.4, -0.2) is 10.9 Å². The number of rotatable bonds is 2. The van der Waals surface area contributed by atoms with Crippen LogP contribution in [0.3, 0.4) is 0 Å². The fourth-order valence-corrected chi connectivity index (χ4v) is 1.81. The van der Waals surface area contributed by atoms with Crippen LogP contribution in [0.15, 0.2) is 18.2 Å². The average molecular weight is 237 g/mol. The van der Waals surface area contributed by atoms with E-state index in [-0.39, 0.29) is 5.91 Å². The van der Waals surface area contributed by atoms with Gasteiger partial charge in [-0.25, -0.2) is 0 Å². The standard InChI is InChI=1S/C12H13ClN2O/c1-7-3-12-9(5-11(7)13)4-10(15-12)6-14-8(2)16/h3-5,15H,6H2,1-2H3,(H,14,16). The Balaban J connectivity index is 2.33. The summed E-state index contributed by atoms with van der Waals surface area (Å²) in [5, 5.41) is 4.58. The summed E-state index contributed by atoms with van der Waals surface area (Å²) in [6.45, 7) is 3.99. The van der Waals surface area contributed by atoms with Crippen molar-refractivity contribution in [3.63, 3.8) is 0 Å². The zero-order valence-corrected chi connectivity index (χ0v) is 9.98. The first-order chi connectivity index (χ1) is 7.56. The first kappa shape index (κ1) is 11.0. The van der Waals surface area contributed by atoms with Gasteiger partial charge in [-0.15, -0.1) is 0 Å². The third kappa shape index (κ3) is 2.19. The molecule has 0 fully saturated rings. The molecule has 0 atom stereocenters. The number of aromatic nitrogens is 1. The molecule has 4 heteroatoms. The summed E-state index contributed by atoms with van der Waals surface area (Å²) in [5.41, 5.74) is 3.07. The Bertz CT molecular complexity index is 506. The fraction of sp³-hybridized carbons (Fsp3) is 0.250. The molecule has 2 aromatic rings. The average Bonchev–Trinajstić information content (AvgIpc) is 2.58. The van der Waals surface area contributed by atoms with Gasteiger partial charge >= 0.3 is 0 Å². The normalized spacial score (nSPS) is 10.7. The van der Waals surface area contributed by atoms with E-state index in [0.717, 1.165) is 27.2 Å². The largest absolute Gasteiger partial charge is 0.357 e.